The van der Waals surface area contributed by atoms with E-state index in [2.05, 4.69) is 32.2 Å². The van der Waals surface area contributed by atoms with Crippen molar-refractivity contribution in [3.05, 3.63) is 118 Å². The molecule has 0 spiro atoms. The zero-order valence-electron chi connectivity index (χ0n) is 23.2. The zero-order valence-corrected chi connectivity index (χ0v) is 23.2. The fourth-order valence-corrected chi connectivity index (χ4v) is 4.86. The molecule has 0 saturated heterocycles. The van der Waals surface area contributed by atoms with Gasteiger partial charge in [-0.05, 0) is 61.7 Å². The van der Waals surface area contributed by atoms with Gasteiger partial charge in [-0.3, -0.25) is 23.8 Å². The minimum absolute atomic E-state index is 0.0617. The summed E-state index contributed by atoms with van der Waals surface area (Å²) < 4.78 is 3.17. The summed E-state index contributed by atoms with van der Waals surface area (Å²) in [6.07, 6.45) is 5.07. The number of aromatic nitrogens is 6. The third-order valence-electron chi connectivity index (χ3n) is 6.83. The lowest BCUT2D eigenvalue weighted by Gasteiger charge is -2.20. The molecule has 4 heterocycles. The highest BCUT2D eigenvalue weighted by Crippen LogP contribution is 2.24. The number of nitrogen functional groups attached to an aromatic ring is 1. The number of anilines is 1. The Labute approximate surface area is 240 Å². The van der Waals surface area contributed by atoms with Crippen molar-refractivity contribution < 1.29 is 4.79 Å². The van der Waals surface area contributed by atoms with Crippen molar-refractivity contribution >= 4 is 33.5 Å². The normalized spacial score (nSPS) is 11.7. The highest BCUT2D eigenvalue weighted by molar-refractivity contribution is 6.09. The molecule has 0 aliphatic carbocycles. The Bertz CT molecular complexity index is 2120. The molecular weight excluding hydrogens is 528 g/mol. The molecule has 10 nitrogen and oxygen atoms in total. The molecule has 0 aliphatic rings. The van der Waals surface area contributed by atoms with Crippen molar-refractivity contribution in [2.24, 2.45) is 7.05 Å². The van der Waals surface area contributed by atoms with Crippen molar-refractivity contribution in [1.29, 1.82) is 0 Å². The molecule has 4 aromatic heterocycles. The number of carbonyl (C=O) groups excluding carboxylic acids is 1. The SMILES string of the molecule is Cc1cnc2c(C(=O)N[C@@H](C)c3nc4cccc(C#Cc5ccn(C)n5)c4c(=O)n3-c3ccccc3)c(N)ncc2c1. The Morgan fingerprint density at radius 3 is 2.60 bits per heavy atom. The van der Waals surface area contributed by atoms with Crippen LogP contribution in [0.3, 0.4) is 0 Å². The van der Waals surface area contributed by atoms with E-state index in [1.165, 1.54) is 4.57 Å². The van der Waals surface area contributed by atoms with Crippen LogP contribution in [0.5, 0.6) is 0 Å². The molecule has 0 unspecified atom stereocenters. The molecule has 1 amide bonds. The number of pyridine rings is 2. The summed E-state index contributed by atoms with van der Waals surface area (Å²) in [6, 6.07) is 17.5. The van der Waals surface area contributed by atoms with Crippen LogP contribution in [0.4, 0.5) is 5.82 Å². The van der Waals surface area contributed by atoms with Crippen LogP contribution >= 0.6 is 0 Å². The number of benzene rings is 2. The smallest absolute Gasteiger partial charge is 0.267 e. The summed E-state index contributed by atoms with van der Waals surface area (Å²) in [5, 5.41) is 8.33. The van der Waals surface area contributed by atoms with Crippen LogP contribution in [0.15, 0.2) is 84.0 Å². The number of nitrogens with zero attached hydrogens (tertiary/aromatic N) is 6. The van der Waals surface area contributed by atoms with Crippen LogP contribution in [0, 0.1) is 18.8 Å². The van der Waals surface area contributed by atoms with Gasteiger partial charge in [-0.15, -0.1) is 0 Å². The molecule has 6 rings (SSSR count). The largest absolute Gasteiger partial charge is 0.383 e. The van der Waals surface area contributed by atoms with Crippen LogP contribution in [-0.2, 0) is 7.05 Å². The van der Waals surface area contributed by atoms with Gasteiger partial charge in [-0.1, -0.05) is 30.2 Å². The molecule has 1 atom stereocenters. The van der Waals surface area contributed by atoms with Gasteiger partial charge >= 0.3 is 0 Å². The molecular formula is C32H26N8O2. The van der Waals surface area contributed by atoms with Crippen LogP contribution in [0.2, 0.25) is 0 Å². The summed E-state index contributed by atoms with van der Waals surface area (Å²) in [7, 11) is 1.82. The molecule has 3 N–H and O–H groups in total. The molecule has 0 saturated carbocycles. The summed E-state index contributed by atoms with van der Waals surface area (Å²) in [6.45, 7) is 3.68. The topological polar surface area (TPSA) is 134 Å². The molecule has 206 valence electrons. The molecule has 6 aromatic rings. The number of amides is 1. The zero-order chi connectivity index (χ0) is 29.4. The van der Waals surface area contributed by atoms with E-state index in [-0.39, 0.29) is 16.9 Å². The number of rotatable bonds is 4. The van der Waals surface area contributed by atoms with Gasteiger partial charge in [0.15, 0.2) is 0 Å². The number of carbonyl (C=O) groups is 1. The Morgan fingerprint density at radius 1 is 1.02 bits per heavy atom. The molecule has 0 bridgehead atoms. The third-order valence-corrected chi connectivity index (χ3v) is 6.83. The second kappa shape index (κ2) is 10.6. The minimum Gasteiger partial charge on any atom is -0.383 e. The van der Waals surface area contributed by atoms with Crippen LogP contribution < -0.4 is 16.6 Å². The van der Waals surface area contributed by atoms with Crippen LogP contribution in [0.25, 0.3) is 27.5 Å². The average molecular weight is 555 g/mol. The molecule has 0 radical (unpaired) electrons. The first-order valence-corrected chi connectivity index (χ1v) is 13.2. The monoisotopic (exact) mass is 554 g/mol. The van der Waals surface area contributed by atoms with Crippen molar-refractivity contribution in [3.8, 4) is 17.5 Å². The molecule has 42 heavy (non-hydrogen) atoms. The van der Waals surface area contributed by atoms with Crippen LogP contribution in [-0.4, -0.2) is 35.2 Å². The summed E-state index contributed by atoms with van der Waals surface area (Å²) in [5.41, 5.74) is 9.56. The number of nitrogens with two attached hydrogens (primary N) is 1. The van der Waals surface area contributed by atoms with Gasteiger partial charge in [0, 0.05) is 36.6 Å². The van der Waals surface area contributed by atoms with E-state index < -0.39 is 11.9 Å². The fourth-order valence-electron chi connectivity index (χ4n) is 4.86. The number of para-hydroxylation sites is 1. The molecule has 10 heteroatoms. The maximum Gasteiger partial charge on any atom is 0.267 e. The third kappa shape index (κ3) is 4.84. The second-order valence-corrected chi connectivity index (χ2v) is 9.93. The van der Waals surface area contributed by atoms with Gasteiger partial charge in [-0.25, -0.2) is 9.97 Å². The predicted octanol–water partition coefficient (Wildman–Crippen LogP) is 3.84. The summed E-state index contributed by atoms with van der Waals surface area (Å²) >= 11 is 0. The van der Waals surface area contributed by atoms with E-state index in [0.717, 1.165) is 5.56 Å². The van der Waals surface area contributed by atoms with E-state index in [1.807, 2.05) is 50.4 Å². The van der Waals surface area contributed by atoms with E-state index in [9.17, 15) is 9.59 Å². The minimum atomic E-state index is -0.696. The Morgan fingerprint density at radius 2 is 1.83 bits per heavy atom. The number of hydrogen-bond donors (Lipinski definition) is 2. The lowest BCUT2D eigenvalue weighted by molar-refractivity contribution is 0.0940. The molecule has 0 aliphatic heterocycles. The summed E-state index contributed by atoms with van der Waals surface area (Å²) in [4.78, 5) is 41.3. The van der Waals surface area contributed by atoms with E-state index >= 15 is 0 Å². The Kier molecular flexibility index (Phi) is 6.68. The highest BCUT2D eigenvalue weighted by atomic mass is 16.2. The Balaban J connectivity index is 1.48. The van der Waals surface area contributed by atoms with Gasteiger partial charge in [-0.2, -0.15) is 5.10 Å². The van der Waals surface area contributed by atoms with Crippen molar-refractivity contribution in [1.82, 2.24) is 34.6 Å². The first-order valence-electron chi connectivity index (χ1n) is 13.2. The highest BCUT2D eigenvalue weighted by Gasteiger charge is 2.24. The van der Waals surface area contributed by atoms with Gasteiger partial charge in [0.1, 0.15) is 22.9 Å². The lowest BCUT2D eigenvalue weighted by Crippen LogP contribution is -2.34. The number of nitrogens with one attached hydrogen (secondary N) is 1. The van der Waals surface area contributed by atoms with Gasteiger partial charge < -0.3 is 11.1 Å². The van der Waals surface area contributed by atoms with Gasteiger partial charge in [0.25, 0.3) is 11.5 Å². The van der Waals surface area contributed by atoms with E-state index in [0.29, 0.717) is 44.6 Å². The van der Waals surface area contributed by atoms with Crippen molar-refractivity contribution in [2.75, 3.05) is 5.73 Å². The van der Waals surface area contributed by atoms with Crippen LogP contribution in [0.1, 0.15) is 46.0 Å². The summed E-state index contributed by atoms with van der Waals surface area (Å²) in [5.74, 6) is 6.05. The fraction of sp³-hybridized carbons (Fsp3) is 0.125. The average Bonchev–Trinajstić information content (AvgIpc) is 3.41. The lowest BCUT2D eigenvalue weighted by atomic mass is 10.1. The maximum absolute atomic E-state index is 14.2. The number of hydrogen-bond acceptors (Lipinski definition) is 7. The molecule has 0 fully saturated rings. The van der Waals surface area contributed by atoms with Gasteiger partial charge in [0.05, 0.1) is 28.1 Å². The molecule has 2 aromatic carbocycles. The van der Waals surface area contributed by atoms with Crippen molar-refractivity contribution in [2.45, 2.75) is 19.9 Å². The van der Waals surface area contributed by atoms with Crippen molar-refractivity contribution in [3.63, 3.8) is 0 Å². The van der Waals surface area contributed by atoms with E-state index in [4.69, 9.17) is 10.7 Å². The first kappa shape index (κ1) is 26.4. The maximum atomic E-state index is 14.2. The standard InChI is InChI=1S/C32H26N8O2/c1-19-16-22-18-35-29(33)27(28(22)34-17-19)31(41)36-20(2)30-37-25-11-7-8-21(12-13-23-14-15-39(3)38-23)26(25)32(42)40(30)24-9-5-4-6-10-24/h4-11,14-18,20H,1-3H3,(H2,33,35)(H,36,41)/t20-/m0/s1. The quantitative estimate of drug-likeness (QED) is 0.316. The number of aryl methyl sites for hydroxylation is 2. The Hall–Kier alpha value is -5.82. The number of fused-ring (bicyclic) bond motifs is 2. The first-order chi connectivity index (χ1) is 20.3. The van der Waals surface area contributed by atoms with E-state index in [1.54, 1.807) is 54.5 Å². The second-order valence-electron chi connectivity index (χ2n) is 9.93. The predicted molar refractivity (Wildman–Crippen MR) is 161 cm³/mol. The van der Waals surface area contributed by atoms with Gasteiger partial charge in [0.2, 0.25) is 0 Å².